The largest absolute Gasteiger partial charge is 0.313 e. The highest BCUT2D eigenvalue weighted by Crippen LogP contribution is 2.21. The Morgan fingerprint density at radius 1 is 1.44 bits per heavy atom. The molecule has 3 heteroatoms. The molecule has 1 atom stereocenters. The molecule has 0 aromatic carbocycles. The van der Waals surface area contributed by atoms with E-state index in [1.54, 1.807) is 11.3 Å². The number of hydrogen-bond donors (Lipinski definition) is 1. The number of aromatic nitrogens is 1. The minimum Gasteiger partial charge on any atom is -0.313 e. The molecule has 0 spiro atoms. The van der Waals surface area contributed by atoms with E-state index in [0.29, 0.717) is 5.92 Å². The zero-order chi connectivity index (χ0) is 11.4. The molecule has 0 saturated heterocycles. The zero-order valence-corrected chi connectivity index (χ0v) is 11.1. The summed E-state index contributed by atoms with van der Waals surface area (Å²) in [4.78, 5) is 4.55. The van der Waals surface area contributed by atoms with Gasteiger partial charge in [0.15, 0.2) is 0 Å². The predicted octanol–water partition coefficient (Wildman–Crippen LogP) is 3.48. The minimum absolute atomic E-state index is 0.556. The van der Waals surface area contributed by atoms with Gasteiger partial charge in [-0.15, -0.1) is 11.3 Å². The van der Waals surface area contributed by atoms with Crippen LogP contribution in [0.1, 0.15) is 55.6 Å². The molecule has 1 N–H and O–H groups in total. The average Bonchev–Trinajstić information content (AvgIpc) is 2.74. The molecule has 1 unspecified atom stereocenters. The van der Waals surface area contributed by atoms with Crippen molar-refractivity contribution >= 4 is 11.3 Å². The summed E-state index contributed by atoms with van der Waals surface area (Å²) in [6.45, 7) is 5.42. The van der Waals surface area contributed by atoms with Gasteiger partial charge in [0.25, 0.3) is 0 Å². The SMILES string of the molecule is Cc1csc(C(C)CNC2CCCCC2)n1. The quantitative estimate of drug-likeness (QED) is 0.868. The van der Waals surface area contributed by atoms with Crippen molar-refractivity contribution in [1.82, 2.24) is 10.3 Å². The second-order valence-electron chi connectivity index (χ2n) is 4.97. The van der Waals surface area contributed by atoms with Crippen LogP contribution in [0, 0.1) is 6.92 Å². The van der Waals surface area contributed by atoms with E-state index < -0.39 is 0 Å². The van der Waals surface area contributed by atoms with Gasteiger partial charge in [-0.25, -0.2) is 4.98 Å². The first kappa shape index (κ1) is 12.1. The molecule has 1 aromatic heterocycles. The van der Waals surface area contributed by atoms with Gasteiger partial charge >= 0.3 is 0 Å². The van der Waals surface area contributed by atoms with Gasteiger partial charge in [-0.3, -0.25) is 0 Å². The van der Waals surface area contributed by atoms with Crippen molar-refractivity contribution in [2.75, 3.05) is 6.54 Å². The third-order valence-electron chi connectivity index (χ3n) is 3.38. The summed E-state index contributed by atoms with van der Waals surface area (Å²) in [5.41, 5.74) is 1.16. The second kappa shape index (κ2) is 5.78. The molecule has 0 amide bonds. The topological polar surface area (TPSA) is 24.9 Å². The van der Waals surface area contributed by atoms with Crippen molar-refractivity contribution < 1.29 is 0 Å². The Bertz CT molecular complexity index is 315. The Kier molecular flexibility index (Phi) is 4.36. The summed E-state index contributed by atoms with van der Waals surface area (Å²) in [5, 5.41) is 7.12. The molecule has 1 heterocycles. The van der Waals surface area contributed by atoms with Gasteiger partial charge in [0.05, 0.1) is 5.01 Å². The lowest BCUT2D eigenvalue weighted by Crippen LogP contribution is -2.33. The molecule has 1 aromatic rings. The molecular formula is C13H22N2S. The molecular weight excluding hydrogens is 216 g/mol. The highest BCUT2D eigenvalue weighted by atomic mass is 32.1. The molecule has 1 aliphatic carbocycles. The van der Waals surface area contributed by atoms with Crippen molar-refractivity contribution in [3.05, 3.63) is 16.1 Å². The Hall–Kier alpha value is -0.410. The lowest BCUT2D eigenvalue weighted by Gasteiger charge is -2.24. The maximum Gasteiger partial charge on any atom is 0.0969 e. The van der Waals surface area contributed by atoms with Crippen LogP contribution >= 0.6 is 11.3 Å². The Labute approximate surface area is 102 Å². The third kappa shape index (κ3) is 3.29. The number of rotatable bonds is 4. The van der Waals surface area contributed by atoms with Crippen LogP contribution in [0.3, 0.4) is 0 Å². The lowest BCUT2D eigenvalue weighted by molar-refractivity contribution is 0.367. The Morgan fingerprint density at radius 3 is 2.81 bits per heavy atom. The van der Waals surface area contributed by atoms with Gasteiger partial charge in [-0.2, -0.15) is 0 Å². The summed E-state index contributed by atoms with van der Waals surface area (Å²) in [5.74, 6) is 0.556. The molecule has 1 aliphatic rings. The molecule has 0 bridgehead atoms. The number of nitrogens with zero attached hydrogens (tertiary/aromatic N) is 1. The summed E-state index contributed by atoms with van der Waals surface area (Å²) in [6.07, 6.45) is 6.97. The van der Waals surface area contributed by atoms with Crippen molar-refractivity contribution in [3.8, 4) is 0 Å². The van der Waals surface area contributed by atoms with Gasteiger partial charge in [0, 0.05) is 29.6 Å². The van der Waals surface area contributed by atoms with Crippen LogP contribution in [0.2, 0.25) is 0 Å². The minimum atomic E-state index is 0.556. The maximum absolute atomic E-state index is 4.55. The average molecular weight is 238 g/mol. The Morgan fingerprint density at radius 2 is 2.19 bits per heavy atom. The normalized spacial score (nSPS) is 19.9. The van der Waals surface area contributed by atoms with Gasteiger partial charge in [0.1, 0.15) is 0 Å². The van der Waals surface area contributed by atoms with E-state index in [1.165, 1.54) is 37.1 Å². The highest BCUT2D eigenvalue weighted by molar-refractivity contribution is 7.09. The van der Waals surface area contributed by atoms with E-state index in [4.69, 9.17) is 0 Å². The fourth-order valence-electron chi connectivity index (χ4n) is 2.34. The van der Waals surface area contributed by atoms with Crippen LogP contribution in [0.4, 0.5) is 0 Å². The molecule has 16 heavy (non-hydrogen) atoms. The highest BCUT2D eigenvalue weighted by Gasteiger charge is 2.15. The molecule has 1 fully saturated rings. The van der Waals surface area contributed by atoms with Crippen molar-refractivity contribution in [1.29, 1.82) is 0 Å². The first-order valence-electron chi connectivity index (χ1n) is 6.41. The summed E-state index contributed by atoms with van der Waals surface area (Å²) < 4.78 is 0. The van der Waals surface area contributed by atoms with Crippen LogP contribution in [-0.4, -0.2) is 17.6 Å². The number of hydrogen-bond acceptors (Lipinski definition) is 3. The van der Waals surface area contributed by atoms with Gasteiger partial charge < -0.3 is 5.32 Å². The number of aryl methyl sites for hydroxylation is 1. The monoisotopic (exact) mass is 238 g/mol. The van der Waals surface area contributed by atoms with Crippen LogP contribution in [0.15, 0.2) is 5.38 Å². The second-order valence-corrected chi connectivity index (χ2v) is 5.86. The lowest BCUT2D eigenvalue weighted by atomic mass is 9.95. The zero-order valence-electron chi connectivity index (χ0n) is 10.3. The van der Waals surface area contributed by atoms with Crippen molar-refractivity contribution in [3.63, 3.8) is 0 Å². The predicted molar refractivity (Wildman–Crippen MR) is 70.1 cm³/mol. The van der Waals surface area contributed by atoms with Crippen LogP contribution in [0.25, 0.3) is 0 Å². The maximum atomic E-state index is 4.55. The van der Waals surface area contributed by atoms with Gasteiger partial charge in [0.2, 0.25) is 0 Å². The number of thiazole rings is 1. The number of nitrogens with one attached hydrogen (secondary N) is 1. The summed E-state index contributed by atoms with van der Waals surface area (Å²) in [6, 6.07) is 0.761. The van der Waals surface area contributed by atoms with Gasteiger partial charge in [-0.05, 0) is 19.8 Å². The third-order valence-corrected chi connectivity index (χ3v) is 4.57. The van der Waals surface area contributed by atoms with E-state index in [2.05, 4.69) is 29.5 Å². The van der Waals surface area contributed by atoms with E-state index in [0.717, 1.165) is 18.3 Å². The fraction of sp³-hybridized carbons (Fsp3) is 0.769. The van der Waals surface area contributed by atoms with E-state index in [9.17, 15) is 0 Å². The molecule has 0 radical (unpaired) electrons. The first-order chi connectivity index (χ1) is 7.75. The molecule has 90 valence electrons. The molecule has 1 saturated carbocycles. The van der Waals surface area contributed by atoms with Crippen molar-refractivity contribution in [2.24, 2.45) is 0 Å². The summed E-state index contributed by atoms with van der Waals surface area (Å²) in [7, 11) is 0. The molecule has 2 rings (SSSR count). The smallest absolute Gasteiger partial charge is 0.0969 e. The van der Waals surface area contributed by atoms with Gasteiger partial charge in [-0.1, -0.05) is 26.2 Å². The van der Waals surface area contributed by atoms with E-state index >= 15 is 0 Å². The first-order valence-corrected chi connectivity index (χ1v) is 7.29. The standard InChI is InChI=1S/C13H22N2S/c1-10(13-15-11(2)9-16-13)8-14-12-6-4-3-5-7-12/h9-10,12,14H,3-8H2,1-2H3. The Balaban J connectivity index is 1.76. The van der Waals surface area contributed by atoms with Crippen LogP contribution in [-0.2, 0) is 0 Å². The fourth-order valence-corrected chi connectivity index (χ4v) is 3.19. The molecule has 2 nitrogen and oxygen atoms in total. The summed E-state index contributed by atoms with van der Waals surface area (Å²) >= 11 is 1.79. The van der Waals surface area contributed by atoms with E-state index in [-0.39, 0.29) is 0 Å². The molecule has 0 aliphatic heterocycles. The van der Waals surface area contributed by atoms with Crippen LogP contribution in [0.5, 0.6) is 0 Å². The van der Waals surface area contributed by atoms with Crippen molar-refractivity contribution in [2.45, 2.75) is 57.9 Å². The van der Waals surface area contributed by atoms with E-state index in [1.807, 2.05) is 0 Å². The van der Waals surface area contributed by atoms with Crippen LogP contribution < -0.4 is 5.32 Å².